The van der Waals surface area contributed by atoms with Crippen LogP contribution in [0.4, 0.5) is 0 Å². The van der Waals surface area contributed by atoms with Gasteiger partial charge in [0.2, 0.25) is 0 Å². The SMILES string of the molecule is CCCCCN(CCCCC)C(=Cc1ccccc1)c1cc[n+](C)cc1. The molecule has 0 bridgehead atoms. The van der Waals surface area contributed by atoms with Crippen molar-refractivity contribution in [2.45, 2.75) is 52.4 Å². The van der Waals surface area contributed by atoms with E-state index < -0.39 is 0 Å². The van der Waals surface area contributed by atoms with Crippen molar-refractivity contribution in [3.63, 3.8) is 0 Å². The van der Waals surface area contributed by atoms with E-state index in [0.717, 1.165) is 13.1 Å². The Hall–Kier alpha value is -2.09. The molecule has 0 spiro atoms. The Morgan fingerprint density at radius 3 is 1.96 bits per heavy atom. The molecule has 0 atom stereocenters. The van der Waals surface area contributed by atoms with Crippen LogP contribution >= 0.6 is 0 Å². The van der Waals surface area contributed by atoms with Gasteiger partial charge in [-0.05, 0) is 24.5 Å². The van der Waals surface area contributed by atoms with E-state index in [4.69, 9.17) is 0 Å². The van der Waals surface area contributed by atoms with Crippen molar-refractivity contribution >= 4 is 11.8 Å². The number of aromatic nitrogens is 1. The van der Waals surface area contributed by atoms with Crippen molar-refractivity contribution in [1.29, 1.82) is 0 Å². The molecule has 2 aromatic rings. The molecule has 2 heteroatoms. The molecule has 2 nitrogen and oxygen atoms in total. The summed E-state index contributed by atoms with van der Waals surface area (Å²) in [6, 6.07) is 15.2. The van der Waals surface area contributed by atoms with E-state index >= 15 is 0 Å². The maximum Gasteiger partial charge on any atom is 0.169 e. The molecule has 0 amide bonds. The highest BCUT2D eigenvalue weighted by molar-refractivity contribution is 5.80. The number of benzene rings is 1. The Morgan fingerprint density at radius 1 is 0.846 bits per heavy atom. The molecule has 2 rings (SSSR count). The second kappa shape index (κ2) is 11.5. The van der Waals surface area contributed by atoms with E-state index in [2.05, 4.69) is 91.3 Å². The summed E-state index contributed by atoms with van der Waals surface area (Å²) >= 11 is 0. The van der Waals surface area contributed by atoms with E-state index in [1.54, 1.807) is 0 Å². The molecule has 0 saturated heterocycles. The lowest BCUT2D eigenvalue weighted by molar-refractivity contribution is -0.671. The summed E-state index contributed by atoms with van der Waals surface area (Å²) in [6.45, 7) is 6.83. The third kappa shape index (κ3) is 6.67. The zero-order valence-electron chi connectivity index (χ0n) is 16.8. The predicted octanol–water partition coefficient (Wildman–Crippen LogP) is 5.69. The number of rotatable bonds is 11. The lowest BCUT2D eigenvalue weighted by atomic mass is 10.1. The first kappa shape index (κ1) is 20.2. The Balaban J connectivity index is 2.33. The summed E-state index contributed by atoms with van der Waals surface area (Å²) in [6.07, 6.45) is 14.3. The van der Waals surface area contributed by atoms with Gasteiger partial charge in [-0.1, -0.05) is 69.9 Å². The molecule has 0 saturated carbocycles. The van der Waals surface area contributed by atoms with Gasteiger partial charge in [0.25, 0.3) is 0 Å². The molecule has 0 fully saturated rings. The molecular formula is C24H35N2+. The number of unbranched alkanes of at least 4 members (excludes halogenated alkanes) is 4. The first-order chi connectivity index (χ1) is 12.7. The monoisotopic (exact) mass is 351 g/mol. The minimum atomic E-state index is 1.14. The molecule has 26 heavy (non-hydrogen) atoms. The molecule has 0 aliphatic rings. The summed E-state index contributed by atoms with van der Waals surface area (Å²) < 4.78 is 2.10. The first-order valence-corrected chi connectivity index (χ1v) is 10.2. The molecule has 0 aliphatic carbocycles. The quantitative estimate of drug-likeness (QED) is 0.372. The van der Waals surface area contributed by atoms with Crippen LogP contribution in [0.5, 0.6) is 0 Å². The second-order valence-electron chi connectivity index (χ2n) is 7.09. The predicted molar refractivity (Wildman–Crippen MR) is 113 cm³/mol. The largest absolute Gasteiger partial charge is 0.371 e. The first-order valence-electron chi connectivity index (χ1n) is 10.2. The highest BCUT2D eigenvalue weighted by Gasteiger charge is 2.13. The summed E-state index contributed by atoms with van der Waals surface area (Å²) in [7, 11) is 2.07. The van der Waals surface area contributed by atoms with Crippen molar-refractivity contribution in [1.82, 2.24) is 4.90 Å². The molecule has 1 heterocycles. The van der Waals surface area contributed by atoms with Crippen LogP contribution in [0, 0.1) is 0 Å². The van der Waals surface area contributed by atoms with Gasteiger partial charge in [-0.2, -0.15) is 0 Å². The third-order valence-corrected chi connectivity index (χ3v) is 4.78. The average Bonchev–Trinajstić information content (AvgIpc) is 2.67. The standard InChI is InChI=1S/C24H35N2/c1-4-6-11-17-26(18-12-7-5-2)24(21-22-13-9-8-10-14-22)23-15-19-25(3)20-16-23/h8-10,13-16,19-21H,4-7,11-12,17-18H2,1-3H3/q+1. The molecular weight excluding hydrogens is 316 g/mol. The maximum absolute atomic E-state index is 2.60. The number of aryl methyl sites for hydroxylation is 1. The van der Waals surface area contributed by atoms with Crippen LogP contribution in [0.3, 0.4) is 0 Å². The van der Waals surface area contributed by atoms with Gasteiger partial charge < -0.3 is 4.90 Å². The van der Waals surface area contributed by atoms with Crippen LogP contribution in [0.2, 0.25) is 0 Å². The number of pyridine rings is 1. The van der Waals surface area contributed by atoms with Crippen LogP contribution in [0.25, 0.3) is 11.8 Å². The molecule has 0 unspecified atom stereocenters. The lowest BCUT2D eigenvalue weighted by Gasteiger charge is -2.28. The van der Waals surface area contributed by atoms with E-state index in [1.165, 1.54) is 55.3 Å². The van der Waals surface area contributed by atoms with Gasteiger partial charge in [-0.25, -0.2) is 4.57 Å². The third-order valence-electron chi connectivity index (χ3n) is 4.78. The lowest BCUT2D eigenvalue weighted by Crippen LogP contribution is -2.28. The van der Waals surface area contributed by atoms with Gasteiger partial charge in [0, 0.05) is 36.5 Å². The topological polar surface area (TPSA) is 7.12 Å². The zero-order chi connectivity index (χ0) is 18.6. The van der Waals surface area contributed by atoms with Crippen molar-refractivity contribution in [2.24, 2.45) is 7.05 Å². The van der Waals surface area contributed by atoms with E-state index in [1.807, 2.05) is 0 Å². The van der Waals surface area contributed by atoms with Crippen LogP contribution < -0.4 is 4.57 Å². The van der Waals surface area contributed by atoms with Crippen molar-refractivity contribution in [2.75, 3.05) is 13.1 Å². The zero-order valence-corrected chi connectivity index (χ0v) is 16.8. The Bertz CT molecular complexity index is 634. The van der Waals surface area contributed by atoms with Crippen LogP contribution in [0.1, 0.15) is 63.5 Å². The molecule has 140 valence electrons. The molecule has 0 N–H and O–H groups in total. The van der Waals surface area contributed by atoms with Gasteiger partial charge in [-0.3, -0.25) is 0 Å². The normalized spacial score (nSPS) is 11.6. The van der Waals surface area contributed by atoms with E-state index in [9.17, 15) is 0 Å². The van der Waals surface area contributed by atoms with Crippen LogP contribution in [-0.2, 0) is 7.05 Å². The minimum absolute atomic E-state index is 1.14. The highest BCUT2D eigenvalue weighted by atomic mass is 15.1. The van der Waals surface area contributed by atoms with Crippen molar-refractivity contribution in [3.05, 3.63) is 66.0 Å². The molecule has 0 radical (unpaired) electrons. The summed E-state index contributed by atoms with van der Waals surface area (Å²) in [5, 5.41) is 0. The fourth-order valence-electron chi connectivity index (χ4n) is 3.19. The fraction of sp³-hybridized carbons (Fsp3) is 0.458. The summed E-state index contributed by atoms with van der Waals surface area (Å²) in [4.78, 5) is 2.60. The fourth-order valence-corrected chi connectivity index (χ4v) is 3.19. The molecule has 0 aliphatic heterocycles. The van der Waals surface area contributed by atoms with Gasteiger partial charge >= 0.3 is 0 Å². The second-order valence-corrected chi connectivity index (χ2v) is 7.09. The Kier molecular flexibility index (Phi) is 8.95. The summed E-state index contributed by atoms with van der Waals surface area (Å²) in [5.74, 6) is 0. The van der Waals surface area contributed by atoms with Crippen molar-refractivity contribution < 1.29 is 4.57 Å². The van der Waals surface area contributed by atoms with Crippen molar-refractivity contribution in [3.8, 4) is 0 Å². The van der Waals surface area contributed by atoms with Gasteiger partial charge in [0.1, 0.15) is 7.05 Å². The van der Waals surface area contributed by atoms with Crippen LogP contribution in [-0.4, -0.2) is 18.0 Å². The van der Waals surface area contributed by atoms with E-state index in [-0.39, 0.29) is 0 Å². The van der Waals surface area contributed by atoms with E-state index in [0.29, 0.717) is 0 Å². The van der Waals surface area contributed by atoms with Crippen LogP contribution in [0.15, 0.2) is 54.9 Å². The molecule has 1 aromatic heterocycles. The summed E-state index contributed by atoms with van der Waals surface area (Å²) in [5.41, 5.74) is 3.93. The maximum atomic E-state index is 2.60. The highest BCUT2D eigenvalue weighted by Crippen LogP contribution is 2.23. The smallest absolute Gasteiger partial charge is 0.169 e. The van der Waals surface area contributed by atoms with Gasteiger partial charge in [0.15, 0.2) is 12.4 Å². The number of hydrogen-bond acceptors (Lipinski definition) is 1. The number of hydrogen-bond donors (Lipinski definition) is 0. The van der Waals surface area contributed by atoms with Gasteiger partial charge in [-0.15, -0.1) is 0 Å². The Morgan fingerprint density at radius 2 is 1.42 bits per heavy atom. The number of nitrogens with zero attached hydrogens (tertiary/aromatic N) is 2. The minimum Gasteiger partial charge on any atom is -0.371 e. The Labute approximate surface area is 160 Å². The average molecular weight is 352 g/mol. The molecule has 1 aromatic carbocycles. The van der Waals surface area contributed by atoms with Gasteiger partial charge in [0.05, 0.1) is 0 Å².